The van der Waals surface area contributed by atoms with Crippen molar-refractivity contribution in [3.05, 3.63) is 52.8 Å². The molecule has 0 bridgehead atoms. The number of Topliss-reactive ketones (excluding diaryl/α,β-unsaturated/α-hetero) is 1. The highest BCUT2D eigenvalue weighted by Gasteiger charge is 2.22. The molecule has 1 saturated heterocycles. The Morgan fingerprint density at radius 2 is 1.81 bits per heavy atom. The first-order valence-electron chi connectivity index (χ1n) is 8.74. The molecule has 0 radical (unpaired) electrons. The van der Waals surface area contributed by atoms with E-state index >= 15 is 0 Å². The van der Waals surface area contributed by atoms with Crippen molar-refractivity contribution in [3.8, 4) is 5.75 Å². The number of ketones is 1. The smallest absolute Gasteiger partial charge is 0.257 e. The molecule has 0 aliphatic carbocycles. The van der Waals surface area contributed by atoms with Gasteiger partial charge in [0.05, 0.1) is 18.8 Å². The SMILES string of the molecule is Cc1cc(C(=O)COc2ccccc2C(=O)N2CCOCC2)c(C)n1C. The molecule has 0 N–H and O–H groups in total. The maximum Gasteiger partial charge on any atom is 0.257 e. The van der Waals surface area contributed by atoms with Crippen LogP contribution in [0.5, 0.6) is 5.75 Å². The largest absolute Gasteiger partial charge is 0.485 e. The number of ether oxygens (including phenoxy) is 2. The minimum absolute atomic E-state index is 0.0944. The zero-order valence-corrected chi connectivity index (χ0v) is 15.4. The van der Waals surface area contributed by atoms with Crippen molar-refractivity contribution in [1.82, 2.24) is 9.47 Å². The highest BCUT2D eigenvalue weighted by Crippen LogP contribution is 2.21. The van der Waals surface area contributed by atoms with Crippen LogP contribution in [-0.4, -0.2) is 54.1 Å². The molecule has 1 aliphatic heterocycles. The first-order chi connectivity index (χ1) is 12.5. The standard InChI is InChI=1S/C20H24N2O4/c1-14-12-17(15(2)21(14)3)18(23)13-26-19-7-5-4-6-16(19)20(24)22-8-10-25-11-9-22/h4-7,12H,8-11,13H2,1-3H3. The maximum atomic E-state index is 12.7. The van der Waals surface area contributed by atoms with Gasteiger partial charge < -0.3 is 18.9 Å². The molecule has 0 atom stereocenters. The van der Waals surface area contributed by atoms with Crippen molar-refractivity contribution in [2.75, 3.05) is 32.9 Å². The maximum absolute atomic E-state index is 12.7. The van der Waals surface area contributed by atoms with Crippen LogP contribution >= 0.6 is 0 Å². The molecule has 2 heterocycles. The molecule has 0 spiro atoms. The predicted octanol–water partition coefficient (Wildman–Crippen LogP) is 2.38. The van der Waals surface area contributed by atoms with Crippen LogP contribution in [0.25, 0.3) is 0 Å². The van der Waals surface area contributed by atoms with Gasteiger partial charge in [-0.15, -0.1) is 0 Å². The van der Waals surface area contributed by atoms with E-state index in [4.69, 9.17) is 9.47 Å². The van der Waals surface area contributed by atoms with E-state index in [1.807, 2.05) is 31.5 Å². The summed E-state index contributed by atoms with van der Waals surface area (Å²) in [6.07, 6.45) is 0. The fraction of sp³-hybridized carbons (Fsp3) is 0.400. The topological polar surface area (TPSA) is 60.8 Å². The Morgan fingerprint density at radius 3 is 2.46 bits per heavy atom. The van der Waals surface area contributed by atoms with Crippen molar-refractivity contribution < 1.29 is 19.1 Å². The number of aromatic nitrogens is 1. The van der Waals surface area contributed by atoms with Crippen LogP contribution < -0.4 is 4.74 Å². The Kier molecular flexibility index (Phi) is 5.42. The summed E-state index contributed by atoms with van der Waals surface area (Å²) < 4.78 is 13.0. The van der Waals surface area contributed by atoms with Crippen LogP contribution in [0.3, 0.4) is 0 Å². The number of benzene rings is 1. The number of para-hydroxylation sites is 1. The molecular weight excluding hydrogens is 332 g/mol. The predicted molar refractivity (Wildman–Crippen MR) is 97.9 cm³/mol. The second kappa shape index (κ2) is 7.74. The van der Waals surface area contributed by atoms with E-state index in [0.29, 0.717) is 43.2 Å². The molecule has 6 nitrogen and oxygen atoms in total. The van der Waals surface area contributed by atoms with E-state index in [1.165, 1.54) is 0 Å². The number of nitrogens with zero attached hydrogens (tertiary/aromatic N) is 2. The molecule has 2 aromatic rings. The molecule has 3 rings (SSSR count). The minimum atomic E-state index is -0.0995. The third-order valence-corrected chi connectivity index (χ3v) is 4.85. The zero-order valence-electron chi connectivity index (χ0n) is 15.4. The van der Waals surface area contributed by atoms with Gasteiger partial charge in [0.1, 0.15) is 5.75 Å². The Bertz CT molecular complexity index is 819. The number of rotatable bonds is 5. The Morgan fingerprint density at radius 1 is 1.12 bits per heavy atom. The molecule has 0 saturated carbocycles. The zero-order chi connectivity index (χ0) is 18.7. The van der Waals surface area contributed by atoms with Crippen LogP contribution in [0.2, 0.25) is 0 Å². The van der Waals surface area contributed by atoms with Crippen molar-refractivity contribution in [1.29, 1.82) is 0 Å². The van der Waals surface area contributed by atoms with Crippen LogP contribution in [0.1, 0.15) is 32.1 Å². The van der Waals surface area contributed by atoms with E-state index in [2.05, 4.69) is 0 Å². The van der Waals surface area contributed by atoms with Gasteiger partial charge in [-0.05, 0) is 32.0 Å². The van der Waals surface area contributed by atoms with Crippen molar-refractivity contribution in [3.63, 3.8) is 0 Å². The number of hydrogen-bond donors (Lipinski definition) is 0. The molecule has 1 aliphatic rings. The lowest BCUT2D eigenvalue weighted by molar-refractivity contribution is 0.0300. The van der Waals surface area contributed by atoms with E-state index in [0.717, 1.165) is 11.4 Å². The molecule has 26 heavy (non-hydrogen) atoms. The van der Waals surface area contributed by atoms with Crippen LogP contribution in [0.15, 0.2) is 30.3 Å². The molecular formula is C20H24N2O4. The highest BCUT2D eigenvalue weighted by molar-refractivity contribution is 5.99. The van der Waals surface area contributed by atoms with Gasteiger partial charge in [-0.2, -0.15) is 0 Å². The van der Waals surface area contributed by atoms with Gasteiger partial charge >= 0.3 is 0 Å². The number of hydrogen-bond acceptors (Lipinski definition) is 4. The lowest BCUT2D eigenvalue weighted by atomic mass is 10.1. The van der Waals surface area contributed by atoms with E-state index in [9.17, 15) is 9.59 Å². The summed E-state index contributed by atoms with van der Waals surface area (Å²) in [5, 5.41) is 0. The molecule has 1 aromatic heterocycles. The van der Waals surface area contributed by atoms with Gasteiger partial charge in [-0.25, -0.2) is 0 Å². The van der Waals surface area contributed by atoms with Crippen LogP contribution in [0.4, 0.5) is 0 Å². The third kappa shape index (κ3) is 3.65. The van der Waals surface area contributed by atoms with Gasteiger partial charge in [-0.3, -0.25) is 9.59 Å². The Hall–Kier alpha value is -2.60. The van der Waals surface area contributed by atoms with Crippen LogP contribution in [0, 0.1) is 13.8 Å². The molecule has 1 fully saturated rings. The number of carbonyl (C=O) groups excluding carboxylic acids is 2. The lowest BCUT2D eigenvalue weighted by Crippen LogP contribution is -2.40. The normalized spacial score (nSPS) is 14.3. The van der Waals surface area contributed by atoms with E-state index in [-0.39, 0.29) is 18.3 Å². The lowest BCUT2D eigenvalue weighted by Gasteiger charge is -2.27. The molecule has 1 aromatic carbocycles. The number of morpholine rings is 1. The summed E-state index contributed by atoms with van der Waals surface area (Å²) in [4.78, 5) is 27.0. The summed E-state index contributed by atoms with van der Waals surface area (Å²) in [7, 11) is 1.93. The monoisotopic (exact) mass is 356 g/mol. The highest BCUT2D eigenvalue weighted by atomic mass is 16.5. The first-order valence-corrected chi connectivity index (χ1v) is 8.74. The van der Waals surface area contributed by atoms with Crippen molar-refractivity contribution in [2.45, 2.75) is 13.8 Å². The summed E-state index contributed by atoms with van der Waals surface area (Å²) in [5.41, 5.74) is 3.06. The van der Waals surface area contributed by atoms with E-state index < -0.39 is 0 Å². The van der Waals surface area contributed by atoms with Crippen molar-refractivity contribution in [2.24, 2.45) is 7.05 Å². The molecule has 1 amide bonds. The number of carbonyl (C=O) groups is 2. The third-order valence-electron chi connectivity index (χ3n) is 4.85. The van der Waals surface area contributed by atoms with Gasteiger partial charge in [0, 0.05) is 37.1 Å². The first kappa shape index (κ1) is 18.2. The second-order valence-corrected chi connectivity index (χ2v) is 6.46. The van der Waals surface area contributed by atoms with Gasteiger partial charge in [0.25, 0.3) is 5.91 Å². The summed E-state index contributed by atoms with van der Waals surface area (Å²) in [6, 6.07) is 8.92. The average molecular weight is 356 g/mol. The Labute approximate surface area is 153 Å². The van der Waals surface area contributed by atoms with Gasteiger partial charge in [-0.1, -0.05) is 12.1 Å². The number of amides is 1. The summed E-state index contributed by atoms with van der Waals surface area (Å²) >= 11 is 0. The molecule has 0 unspecified atom stereocenters. The summed E-state index contributed by atoms with van der Waals surface area (Å²) in [6.45, 7) is 5.98. The van der Waals surface area contributed by atoms with E-state index in [1.54, 1.807) is 29.2 Å². The van der Waals surface area contributed by atoms with Crippen molar-refractivity contribution >= 4 is 11.7 Å². The fourth-order valence-corrected chi connectivity index (χ4v) is 3.06. The molecule has 138 valence electrons. The Balaban J connectivity index is 1.73. The summed E-state index contributed by atoms with van der Waals surface area (Å²) in [5.74, 6) is 0.241. The number of aryl methyl sites for hydroxylation is 1. The van der Waals surface area contributed by atoms with Gasteiger partial charge in [0.2, 0.25) is 5.78 Å². The van der Waals surface area contributed by atoms with Gasteiger partial charge in [0.15, 0.2) is 6.61 Å². The minimum Gasteiger partial charge on any atom is -0.485 e. The quantitative estimate of drug-likeness (QED) is 0.772. The fourth-order valence-electron chi connectivity index (χ4n) is 3.06. The molecule has 6 heteroatoms. The second-order valence-electron chi connectivity index (χ2n) is 6.46. The average Bonchev–Trinajstić information content (AvgIpc) is 2.94. The van der Waals surface area contributed by atoms with Crippen LogP contribution in [-0.2, 0) is 11.8 Å².